The van der Waals surface area contributed by atoms with Crippen molar-refractivity contribution >= 4 is 26.9 Å². The number of hydrogen-bond donors (Lipinski definition) is 1. The summed E-state index contributed by atoms with van der Waals surface area (Å²) in [5, 5.41) is 14.2. The van der Waals surface area contributed by atoms with Crippen LogP contribution in [-0.2, 0) is 21.1 Å². The van der Waals surface area contributed by atoms with Crippen LogP contribution in [0.2, 0.25) is 0 Å². The molecule has 3 aromatic rings. The normalized spacial score (nSPS) is 12.3. The van der Waals surface area contributed by atoms with Crippen LogP contribution in [0.3, 0.4) is 0 Å². The maximum atomic E-state index is 12.9. The molecule has 0 bridgehead atoms. The zero-order chi connectivity index (χ0) is 20.3. The van der Waals surface area contributed by atoms with Crippen LogP contribution < -0.4 is 0 Å². The van der Waals surface area contributed by atoms with Gasteiger partial charge in [0.1, 0.15) is 0 Å². The molecule has 0 aliphatic heterocycles. The van der Waals surface area contributed by atoms with Gasteiger partial charge in [-0.2, -0.15) is 5.10 Å². The number of nitrogens with zero attached hydrogens (tertiary/aromatic N) is 4. The van der Waals surface area contributed by atoms with Crippen molar-refractivity contribution in [1.29, 1.82) is 0 Å². The lowest BCUT2D eigenvalue weighted by atomic mass is 9.98. The number of rotatable bonds is 7. The molecule has 0 fully saturated rings. The molecule has 3 aromatic heterocycles. The number of aliphatic hydroxyl groups excluding tert-OH is 1. The first-order valence-electron chi connectivity index (χ1n) is 8.73. The van der Waals surface area contributed by atoms with Crippen LogP contribution in [0.4, 0.5) is 0 Å². The molecule has 0 aliphatic rings. The lowest BCUT2D eigenvalue weighted by molar-refractivity contribution is 0.249. The summed E-state index contributed by atoms with van der Waals surface area (Å²) in [7, 11) is -2.51. The molecule has 0 unspecified atom stereocenters. The van der Waals surface area contributed by atoms with Gasteiger partial charge < -0.3 is 9.84 Å². The summed E-state index contributed by atoms with van der Waals surface area (Å²) in [6.45, 7) is 4.13. The molecule has 0 amide bonds. The van der Waals surface area contributed by atoms with Crippen LogP contribution in [0.5, 0.6) is 0 Å². The fourth-order valence-corrected chi connectivity index (χ4v) is 4.24. The SMILES string of the molecule is CCn1ncc2c(-c3cncc(C)c3)c(C=CCO)c(S(=O)(=O)COC)nc21. The van der Waals surface area contributed by atoms with Crippen LogP contribution in [-0.4, -0.2) is 52.9 Å². The Labute approximate surface area is 163 Å². The molecule has 0 spiro atoms. The standard InChI is InChI=1S/C19H22N4O4S/c1-4-23-18-16(11-21-23)17(14-8-13(2)9-20-10-14)15(6-5-7-24)19(22-18)28(25,26)12-27-3/h5-6,8-11,24H,4,7,12H2,1-3H3. The number of pyridine rings is 2. The van der Waals surface area contributed by atoms with E-state index in [1.165, 1.54) is 13.2 Å². The number of aryl methyl sites for hydroxylation is 2. The Bertz CT molecular complexity index is 1140. The predicted octanol–water partition coefficient (Wildman–Crippen LogP) is 2.20. The largest absolute Gasteiger partial charge is 0.392 e. The molecule has 3 heterocycles. The second-order valence-corrected chi connectivity index (χ2v) is 8.11. The van der Waals surface area contributed by atoms with Gasteiger partial charge in [0.05, 0.1) is 12.8 Å². The molecule has 28 heavy (non-hydrogen) atoms. The summed E-state index contributed by atoms with van der Waals surface area (Å²) in [6.07, 6.45) is 8.12. The number of hydrogen-bond acceptors (Lipinski definition) is 7. The Hall–Kier alpha value is -2.62. The minimum atomic E-state index is -3.83. The number of methoxy groups -OCH3 is 1. The number of ether oxygens (including phenoxy) is 1. The van der Waals surface area contributed by atoms with E-state index in [-0.39, 0.29) is 11.6 Å². The second-order valence-electron chi connectivity index (χ2n) is 6.26. The summed E-state index contributed by atoms with van der Waals surface area (Å²) >= 11 is 0. The fraction of sp³-hybridized carbons (Fsp3) is 0.316. The van der Waals surface area contributed by atoms with Crippen LogP contribution in [0.1, 0.15) is 18.1 Å². The van der Waals surface area contributed by atoms with E-state index in [1.807, 2.05) is 19.9 Å². The Kier molecular flexibility index (Phi) is 5.87. The molecule has 3 rings (SSSR count). The van der Waals surface area contributed by atoms with Gasteiger partial charge >= 0.3 is 0 Å². The highest BCUT2D eigenvalue weighted by molar-refractivity contribution is 7.91. The zero-order valence-corrected chi connectivity index (χ0v) is 16.8. The van der Waals surface area contributed by atoms with Crippen molar-refractivity contribution < 1.29 is 18.3 Å². The molecule has 0 aromatic carbocycles. The monoisotopic (exact) mass is 402 g/mol. The lowest BCUT2D eigenvalue weighted by Crippen LogP contribution is -2.14. The van der Waals surface area contributed by atoms with Crippen molar-refractivity contribution in [2.75, 3.05) is 19.7 Å². The zero-order valence-electron chi connectivity index (χ0n) is 16.0. The number of sulfone groups is 1. The lowest BCUT2D eigenvalue weighted by Gasteiger charge is -2.14. The molecular weight excluding hydrogens is 380 g/mol. The molecule has 8 nitrogen and oxygen atoms in total. The average molecular weight is 402 g/mol. The highest BCUT2D eigenvalue weighted by atomic mass is 32.2. The first kappa shape index (κ1) is 20.1. The van der Waals surface area contributed by atoms with Gasteiger partial charge in [-0.3, -0.25) is 4.98 Å². The topological polar surface area (TPSA) is 107 Å². The fourth-order valence-electron chi connectivity index (χ4n) is 3.09. The average Bonchev–Trinajstić information content (AvgIpc) is 3.07. The molecule has 9 heteroatoms. The quantitative estimate of drug-likeness (QED) is 0.645. The summed E-state index contributed by atoms with van der Waals surface area (Å²) in [5.41, 5.74) is 3.18. The third kappa shape index (κ3) is 3.68. The molecule has 148 valence electrons. The third-order valence-corrected chi connectivity index (χ3v) is 5.66. The Balaban J connectivity index is 2.50. The van der Waals surface area contributed by atoms with Crippen molar-refractivity contribution in [2.45, 2.75) is 25.4 Å². The molecular formula is C19H22N4O4S. The van der Waals surface area contributed by atoms with Crippen LogP contribution in [0, 0.1) is 6.92 Å². The van der Waals surface area contributed by atoms with Crippen LogP contribution in [0.15, 0.2) is 35.8 Å². The summed E-state index contributed by atoms with van der Waals surface area (Å²) in [4.78, 5) is 8.69. The van der Waals surface area contributed by atoms with Crippen molar-refractivity contribution in [3.63, 3.8) is 0 Å². The molecule has 0 atom stereocenters. The van der Waals surface area contributed by atoms with Gasteiger partial charge in [-0.15, -0.1) is 0 Å². The number of fused-ring (bicyclic) bond motifs is 1. The van der Waals surface area contributed by atoms with Crippen molar-refractivity contribution in [2.24, 2.45) is 0 Å². The van der Waals surface area contributed by atoms with E-state index in [1.54, 1.807) is 29.3 Å². The van der Waals surface area contributed by atoms with Gasteiger partial charge in [0, 0.05) is 48.1 Å². The van der Waals surface area contributed by atoms with E-state index >= 15 is 0 Å². The van der Waals surface area contributed by atoms with Gasteiger partial charge in [-0.05, 0) is 25.5 Å². The van der Waals surface area contributed by atoms with E-state index in [2.05, 4.69) is 15.1 Å². The van der Waals surface area contributed by atoms with Gasteiger partial charge in [-0.25, -0.2) is 18.1 Å². The Morgan fingerprint density at radius 1 is 1.29 bits per heavy atom. The maximum Gasteiger partial charge on any atom is 0.220 e. The second kappa shape index (κ2) is 8.17. The minimum absolute atomic E-state index is 0.113. The summed E-state index contributed by atoms with van der Waals surface area (Å²) in [6, 6.07) is 1.92. The van der Waals surface area contributed by atoms with E-state index in [0.717, 1.165) is 11.1 Å². The van der Waals surface area contributed by atoms with E-state index in [4.69, 9.17) is 4.74 Å². The van der Waals surface area contributed by atoms with Gasteiger partial charge in [0.25, 0.3) is 0 Å². The first-order chi connectivity index (χ1) is 13.4. The minimum Gasteiger partial charge on any atom is -0.392 e. The van der Waals surface area contributed by atoms with Crippen molar-refractivity contribution in [3.05, 3.63) is 41.9 Å². The van der Waals surface area contributed by atoms with Crippen LogP contribution in [0.25, 0.3) is 28.2 Å². The number of aliphatic hydroxyl groups is 1. The van der Waals surface area contributed by atoms with Crippen molar-refractivity contribution in [3.8, 4) is 11.1 Å². The molecule has 0 saturated heterocycles. The maximum absolute atomic E-state index is 12.9. The smallest absolute Gasteiger partial charge is 0.220 e. The molecule has 0 saturated carbocycles. The van der Waals surface area contributed by atoms with E-state index < -0.39 is 15.8 Å². The van der Waals surface area contributed by atoms with Crippen molar-refractivity contribution in [1.82, 2.24) is 19.7 Å². The molecule has 0 radical (unpaired) electrons. The highest BCUT2D eigenvalue weighted by Crippen LogP contribution is 2.36. The molecule has 0 aliphatic carbocycles. The summed E-state index contributed by atoms with van der Waals surface area (Å²) in [5.74, 6) is -0.503. The first-order valence-corrected chi connectivity index (χ1v) is 10.4. The highest BCUT2D eigenvalue weighted by Gasteiger charge is 2.26. The van der Waals surface area contributed by atoms with Gasteiger partial charge in [0.15, 0.2) is 16.6 Å². The Morgan fingerprint density at radius 2 is 2.07 bits per heavy atom. The van der Waals surface area contributed by atoms with E-state index in [0.29, 0.717) is 28.7 Å². The summed E-state index contributed by atoms with van der Waals surface area (Å²) < 4.78 is 32.4. The third-order valence-electron chi connectivity index (χ3n) is 4.21. The van der Waals surface area contributed by atoms with Gasteiger partial charge in [0.2, 0.25) is 9.84 Å². The van der Waals surface area contributed by atoms with Crippen LogP contribution >= 0.6 is 0 Å². The van der Waals surface area contributed by atoms with Gasteiger partial charge in [-0.1, -0.05) is 12.2 Å². The molecule has 1 N–H and O–H groups in total. The Morgan fingerprint density at radius 3 is 2.71 bits per heavy atom. The number of aromatic nitrogens is 4. The predicted molar refractivity (Wildman–Crippen MR) is 106 cm³/mol. The van der Waals surface area contributed by atoms with E-state index in [9.17, 15) is 13.5 Å².